The monoisotopic (exact) mass is 536 g/mol. The van der Waals surface area contributed by atoms with Gasteiger partial charge in [-0.25, -0.2) is 9.38 Å². The number of para-hydroxylation sites is 2. The first kappa shape index (κ1) is 25.1. The van der Waals surface area contributed by atoms with Gasteiger partial charge < -0.3 is 18.9 Å². The number of hydrogen-bond acceptors (Lipinski definition) is 7. The van der Waals surface area contributed by atoms with Crippen LogP contribution >= 0.6 is 22.9 Å². The largest absolute Gasteiger partial charge is 0.493 e. The fourth-order valence-corrected chi connectivity index (χ4v) is 5.22. The highest BCUT2D eigenvalue weighted by Gasteiger charge is 2.14. The van der Waals surface area contributed by atoms with Crippen LogP contribution in [0.3, 0.4) is 0 Å². The van der Waals surface area contributed by atoms with Crippen molar-refractivity contribution in [1.29, 1.82) is 0 Å². The number of nitrogens with zero attached hydrogens (tertiary/aromatic N) is 2. The Morgan fingerprint density at radius 1 is 1.00 bits per heavy atom. The van der Waals surface area contributed by atoms with E-state index in [9.17, 15) is 4.79 Å². The second-order valence-electron chi connectivity index (χ2n) is 8.29. The number of methoxy groups -OCH3 is 1. The second-order valence-corrected chi connectivity index (χ2v) is 9.71. The Labute approximate surface area is 222 Å². The molecule has 3 aromatic carbocycles. The summed E-state index contributed by atoms with van der Waals surface area (Å²) in [7, 11) is 1.55. The van der Waals surface area contributed by atoms with Gasteiger partial charge in [0.25, 0.3) is 5.56 Å². The third kappa shape index (κ3) is 5.56. The molecule has 190 valence electrons. The lowest BCUT2D eigenvalue weighted by molar-refractivity contribution is 0.0757. The van der Waals surface area contributed by atoms with Crippen LogP contribution in [0.5, 0.6) is 17.2 Å². The van der Waals surface area contributed by atoms with Crippen LogP contribution in [-0.4, -0.2) is 42.9 Å². The number of fused-ring (bicyclic) bond motifs is 3. The molecule has 0 radical (unpaired) electrons. The van der Waals surface area contributed by atoms with Crippen molar-refractivity contribution in [2.75, 3.05) is 33.5 Å². The van der Waals surface area contributed by atoms with E-state index in [0.717, 1.165) is 27.9 Å². The number of rotatable bonds is 10. The third-order valence-electron chi connectivity index (χ3n) is 5.65. The van der Waals surface area contributed by atoms with Gasteiger partial charge >= 0.3 is 0 Å². The van der Waals surface area contributed by atoms with Crippen molar-refractivity contribution >= 4 is 45.0 Å². The van der Waals surface area contributed by atoms with E-state index >= 15 is 0 Å². The van der Waals surface area contributed by atoms with Crippen LogP contribution < -0.4 is 24.3 Å². The Morgan fingerprint density at radius 2 is 1.81 bits per heavy atom. The molecule has 0 spiro atoms. The van der Waals surface area contributed by atoms with Crippen molar-refractivity contribution < 1.29 is 18.9 Å². The zero-order valence-corrected chi connectivity index (χ0v) is 22.0. The van der Waals surface area contributed by atoms with Crippen LogP contribution in [0.2, 0.25) is 5.02 Å². The fourth-order valence-electron chi connectivity index (χ4n) is 3.95. The van der Waals surface area contributed by atoms with Crippen LogP contribution in [-0.2, 0) is 4.74 Å². The van der Waals surface area contributed by atoms with Gasteiger partial charge in [-0.2, -0.15) is 0 Å². The average molecular weight is 537 g/mol. The van der Waals surface area contributed by atoms with E-state index in [-0.39, 0.29) is 5.56 Å². The van der Waals surface area contributed by atoms with Gasteiger partial charge in [0.15, 0.2) is 16.5 Å². The molecule has 0 atom stereocenters. The minimum atomic E-state index is -0.118. The van der Waals surface area contributed by atoms with Gasteiger partial charge in [0.2, 0.25) is 0 Å². The molecular formula is C28H25ClN2O5S. The normalized spacial score (nSPS) is 11.9. The Morgan fingerprint density at radius 3 is 2.62 bits per heavy atom. The van der Waals surface area contributed by atoms with E-state index in [2.05, 4.69) is 4.98 Å². The quantitative estimate of drug-likeness (QED) is 0.236. The molecule has 2 aromatic heterocycles. The molecule has 0 fully saturated rings. The number of halogens is 1. The molecule has 0 amide bonds. The molecule has 0 unspecified atom stereocenters. The van der Waals surface area contributed by atoms with Gasteiger partial charge in [0.1, 0.15) is 19.0 Å². The van der Waals surface area contributed by atoms with E-state index in [0.29, 0.717) is 52.4 Å². The third-order valence-corrected chi connectivity index (χ3v) is 6.90. The number of benzene rings is 3. The number of aromatic nitrogens is 2. The number of imidazole rings is 1. The first-order chi connectivity index (χ1) is 18.0. The summed E-state index contributed by atoms with van der Waals surface area (Å²) in [5, 5.41) is 0.382. The molecule has 5 aromatic rings. The molecule has 0 saturated carbocycles. The van der Waals surface area contributed by atoms with Crippen LogP contribution in [0.15, 0.2) is 65.5 Å². The summed E-state index contributed by atoms with van der Waals surface area (Å²) in [6.07, 6.45) is 1.78. The molecule has 0 saturated heterocycles. The van der Waals surface area contributed by atoms with Crippen molar-refractivity contribution in [1.82, 2.24) is 9.38 Å². The van der Waals surface area contributed by atoms with E-state index < -0.39 is 0 Å². The summed E-state index contributed by atoms with van der Waals surface area (Å²) in [5.74, 6) is 1.72. The lowest BCUT2D eigenvalue weighted by atomic mass is 10.2. The van der Waals surface area contributed by atoms with Crippen molar-refractivity contribution in [2.45, 2.75) is 6.92 Å². The second kappa shape index (κ2) is 11.2. The average Bonchev–Trinajstić information content (AvgIpc) is 3.40. The van der Waals surface area contributed by atoms with Gasteiger partial charge in [-0.3, -0.25) is 4.79 Å². The molecule has 0 aliphatic rings. The van der Waals surface area contributed by atoms with Crippen molar-refractivity contribution in [2.24, 2.45) is 0 Å². The number of aryl methyl sites for hydroxylation is 1. The summed E-state index contributed by atoms with van der Waals surface area (Å²) in [6.45, 7) is 3.57. The molecule has 37 heavy (non-hydrogen) atoms. The van der Waals surface area contributed by atoms with E-state index in [4.69, 9.17) is 30.5 Å². The van der Waals surface area contributed by atoms with Gasteiger partial charge in [-0.1, -0.05) is 47.2 Å². The lowest BCUT2D eigenvalue weighted by Crippen LogP contribution is -2.22. The molecule has 2 heterocycles. The first-order valence-corrected chi connectivity index (χ1v) is 12.9. The first-order valence-electron chi connectivity index (χ1n) is 11.7. The Kier molecular flexibility index (Phi) is 7.60. The van der Waals surface area contributed by atoms with Crippen molar-refractivity contribution in [3.05, 3.63) is 91.7 Å². The Balaban J connectivity index is 1.23. The number of hydrogen-bond donors (Lipinski definition) is 0. The van der Waals surface area contributed by atoms with Crippen LogP contribution in [0.1, 0.15) is 11.1 Å². The van der Waals surface area contributed by atoms with Crippen molar-refractivity contribution in [3.63, 3.8) is 0 Å². The maximum atomic E-state index is 13.0. The predicted molar refractivity (Wildman–Crippen MR) is 147 cm³/mol. The Hall–Kier alpha value is -3.59. The highest BCUT2D eigenvalue weighted by molar-refractivity contribution is 7.15. The maximum absolute atomic E-state index is 13.0. The molecule has 5 rings (SSSR count). The minimum absolute atomic E-state index is 0.118. The van der Waals surface area contributed by atoms with Gasteiger partial charge in [-0.15, -0.1) is 0 Å². The highest BCUT2D eigenvalue weighted by atomic mass is 35.5. The van der Waals surface area contributed by atoms with E-state index in [1.807, 2.05) is 55.5 Å². The Bertz CT molecular complexity index is 1660. The summed E-state index contributed by atoms with van der Waals surface area (Å²) in [5.41, 5.74) is 3.35. The van der Waals surface area contributed by atoms with Gasteiger partial charge in [-0.05, 0) is 60.5 Å². The summed E-state index contributed by atoms with van der Waals surface area (Å²) in [4.78, 5) is 18.3. The lowest BCUT2D eigenvalue weighted by Gasteiger charge is -2.13. The maximum Gasteiger partial charge on any atom is 0.274 e. The van der Waals surface area contributed by atoms with Crippen LogP contribution in [0.25, 0.3) is 22.1 Å². The van der Waals surface area contributed by atoms with E-state index in [1.54, 1.807) is 29.7 Å². The van der Waals surface area contributed by atoms with Crippen molar-refractivity contribution in [3.8, 4) is 17.2 Å². The van der Waals surface area contributed by atoms with Gasteiger partial charge in [0, 0.05) is 0 Å². The minimum Gasteiger partial charge on any atom is -0.493 e. The summed E-state index contributed by atoms with van der Waals surface area (Å²) < 4.78 is 24.8. The molecule has 0 aliphatic carbocycles. The zero-order chi connectivity index (χ0) is 25.8. The zero-order valence-electron chi connectivity index (χ0n) is 20.4. The molecule has 7 nitrogen and oxygen atoms in total. The molecule has 9 heteroatoms. The molecular weight excluding hydrogens is 512 g/mol. The van der Waals surface area contributed by atoms with E-state index in [1.165, 1.54) is 11.3 Å². The molecule has 0 bridgehead atoms. The summed E-state index contributed by atoms with van der Waals surface area (Å²) in [6, 6.07) is 19.0. The summed E-state index contributed by atoms with van der Waals surface area (Å²) >= 11 is 7.85. The molecule has 0 N–H and O–H groups in total. The van der Waals surface area contributed by atoms with Crippen LogP contribution in [0, 0.1) is 6.92 Å². The fraction of sp³-hybridized carbons (Fsp3) is 0.214. The molecule has 0 aliphatic heterocycles. The topological polar surface area (TPSA) is 71.3 Å². The number of ether oxygens (including phenoxy) is 4. The van der Waals surface area contributed by atoms with Crippen LogP contribution in [0.4, 0.5) is 0 Å². The number of thiazole rings is 1. The smallest absolute Gasteiger partial charge is 0.274 e. The predicted octanol–water partition coefficient (Wildman–Crippen LogP) is 4.90. The van der Waals surface area contributed by atoms with Gasteiger partial charge in [0.05, 0.1) is 40.9 Å². The standard InChI is InChI=1S/C28H25ClN2O5S/c1-18-6-5-7-20(14-18)35-12-10-34-11-13-36-26-21(29)15-19(16-24(26)33-2)17-25-27(32)31-23-9-4-3-8-22(23)30-28(31)37-25/h3-9,14-17H,10-13H2,1-2H3/b25-17-. The highest BCUT2D eigenvalue weighted by Crippen LogP contribution is 2.36. The SMILES string of the molecule is COc1cc(/C=c2\sc3nc4ccccc4n3c2=O)cc(Cl)c1OCCOCCOc1cccc(C)c1.